The van der Waals surface area contributed by atoms with Crippen LogP contribution in [0.1, 0.15) is 27.0 Å². The zero-order valence-corrected chi connectivity index (χ0v) is 21.0. The van der Waals surface area contributed by atoms with E-state index in [-0.39, 0.29) is 33.4 Å². The van der Waals surface area contributed by atoms with E-state index in [1.165, 1.54) is 25.3 Å². The maximum absolute atomic E-state index is 13.6. The summed E-state index contributed by atoms with van der Waals surface area (Å²) in [4.78, 5) is 27.5. The molecule has 0 aliphatic heterocycles. The molecule has 1 heterocycles. The Hall–Kier alpha value is -3.99. The van der Waals surface area contributed by atoms with E-state index in [2.05, 4.69) is 0 Å². The molecule has 4 aromatic rings. The number of hydrogen-bond acceptors (Lipinski definition) is 4. The monoisotopic (exact) mass is 569 g/mol. The highest BCUT2D eigenvalue weighted by Crippen LogP contribution is 2.39. The quantitative estimate of drug-likeness (QED) is 0.185. The average molecular weight is 570 g/mol. The molecule has 0 atom stereocenters. The van der Waals surface area contributed by atoms with E-state index in [1.807, 2.05) is 0 Å². The summed E-state index contributed by atoms with van der Waals surface area (Å²) in [6.07, 6.45) is -10.1. The van der Waals surface area contributed by atoms with Crippen molar-refractivity contribution < 1.29 is 40.3 Å². The highest BCUT2D eigenvalue weighted by Gasteiger charge is 2.37. The van der Waals surface area contributed by atoms with Gasteiger partial charge in [-0.25, -0.2) is 4.79 Å². The third kappa shape index (κ3) is 5.73. The fraction of sp³-hybridized carbons (Fsp3) is 0.185. The number of methoxy groups -OCH3 is 1. The summed E-state index contributed by atoms with van der Waals surface area (Å²) in [6, 6.07) is 11.8. The number of alkyl halides is 6. The maximum Gasteiger partial charge on any atom is 0.416 e. The third-order valence-electron chi connectivity index (χ3n) is 5.87. The standard InChI is InChI=1S/C27H18ClF6NO4/c1-35(13-14-9-15(26(29,30)31)11-16(10-14)27(32,33)34)24(36)23-22(18-5-3-4-6-20(18)38-2)19-12-17(28)7-8-21(19)39-25(23)37/h3-12H,13H2,1-2H3. The van der Waals surface area contributed by atoms with Crippen molar-refractivity contribution in [3.8, 4) is 16.9 Å². The van der Waals surface area contributed by atoms with Gasteiger partial charge in [0.25, 0.3) is 5.91 Å². The van der Waals surface area contributed by atoms with E-state index in [0.717, 1.165) is 11.9 Å². The molecule has 0 fully saturated rings. The van der Waals surface area contributed by atoms with Crippen LogP contribution in [0.2, 0.25) is 5.02 Å². The number of amides is 1. The lowest BCUT2D eigenvalue weighted by molar-refractivity contribution is -0.143. The molecule has 0 bridgehead atoms. The highest BCUT2D eigenvalue weighted by molar-refractivity contribution is 6.31. The van der Waals surface area contributed by atoms with Crippen molar-refractivity contribution in [3.05, 3.63) is 98.4 Å². The van der Waals surface area contributed by atoms with Crippen LogP contribution in [0.25, 0.3) is 22.1 Å². The highest BCUT2D eigenvalue weighted by atomic mass is 35.5. The molecule has 0 spiro atoms. The average Bonchev–Trinajstić information content (AvgIpc) is 2.86. The van der Waals surface area contributed by atoms with Gasteiger partial charge >= 0.3 is 18.0 Å². The van der Waals surface area contributed by atoms with Gasteiger partial charge in [-0.2, -0.15) is 26.3 Å². The zero-order chi connectivity index (χ0) is 28.7. The van der Waals surface area contributed by atoms with Crippen molar-refractivity contribution in [2.75, 3.05) is 14.2 Å². The summed E-state index contributed by atoms with van der Waals surface area (Å²) in [7, 11) is 2.52. The molecule has 3 aromatic carbocycles. The lowest BCUT2D eigenvalue weighted by Crippen LogP contribution is -2.31. The molecular formula is C27H18ClF6NO4. The topological polar surface area (TPSA) is 59.8 Å². The molecule has 5 nitrogen and oxygen atoms in total. The van der Waals surface area contributed by atoms with Gasteiger partial charge < -0.3 is 14.1 Å². The number of carbonyl (C=O) groups is 1. The molecule has 204 valence electrons. The van der Waals surface area contributed by atoms with Crippen LogP contribution >= 0.6 is 11.6 Å². The van der Waals surface area contributed by atoms with E-state index in [4.69, 9.17) is 20.8 Å². The number of halogens is 7. The van der Waals surface area contributed by atoms with E-state index in [1.54, 1.807) is 24.3 Å². The van der Waals surface area contributed by atoms with Crippen molar-refractivity contribution in [3.63, 3.8) is 0 Å². The van der Waals surface area contributed by atoms with Crippen LogP contribution in [0.4, 0.5) is 26.3 Å². The minimum absolute atomic E-state index is 0.00713. The van der Waals surface area contributed by atoms with Crippen molar-refractivity contribution in [2.24, 2.45) is 0 Å². The molecule has 0 unspecified atom stereocenters. The summed E-state index contributed by atoms with van der Waals surface area (Å²) < 4.78 is 90.6. The molecule has 12 heteroatoms. The molecule has 0 aliphatic carbocycles. The molecule has 0 saturated carbocycles. The van der Waals surface area contributed by atoms with Crippen LogP contribution in [-0.4, -0.2) is 25.0 Å². The van der Waals surface area contributed by atoms with Crippen LogP contribution in [0.5, 0.6) is 5.75 Å². The zero-order valence-electron chi connectivity index (χ0n) is 20.2. The number of fused-ring (bicyclic) bond motifs is 1. The first kappa shape index (κ1) is 28.0. The van der Waals surface area contributed by atoms with Crippen LogP contribution in [0, 0.1) is 0 Å². The number of rotatable bonds is 5. The van der Waals surface area contributed by atoms with E-state index >= 15 is 0 Å². The van der Waals surface area contributed by atoms with Gasteiger partial charge in [-0.15, -0.1) is 0 Å². The second-order valence-corrected chi connectivity index (χ2v) is 8.99. The Morgan fingerprint density at radius 3 is 2.15 bits per heavy atom. The summed E-state index contributed by atoms with van der Waals surface area (Å²) in [5.41, 5.74) is -4.57. The third-order valence-corrected chi connectivity index (χ3v) is 6.11. The largest absolute Gasteiger partial charge is 0.496 e. The first-order chi connectivity index (χ1) is 18.2. The number of hydrogen-bond donors (Lipinski definition) is 0. The van der Waals surface area contributed by atoms with Crippen molar-refractivity contribution in [2.45, 2.75) is 18.9 Å². The van der Waals surface area contributed by atoms with Gasteiger partial charge in [0.15, 0.2) is 0 Å². The van der Waals surface area contributed by atoms with Crippen LogP contribution in [-0.2, 0) is 18.9 Å². The predicted octanol–water partition coefficient (Wildman–Crippen LogP) is 7.43. The smallest absolute Gasteiger partial charge is 0.416 e. The normalized spacial score (nSPS) is 12.0. The molecular weight excluding hydrogens is 552 g/mol. The molecule has 4 rings (SSSR count). The summed E-state index contributed by atoms with van der Waals surface area (Å²) in [5, 5.41) is 0.518. The molecule has 0 N–H and O–H groups in total. The van der Waals surface area contributed by atoms with Crippen molar-refractivity contribution >= 4 is 28.5 Å². The number of nitrogens with zero attached hydrogens (tertiary/aromatic N) is 1. The van der Waals surface area contributed by atoms with Gasteiger partial charge in [-0.05, 0) is 48.0 Å². The molecule has 1 aromatic heterocycles. The van der Waals surface area contributed by atoms with Crippen LogP contribution in [0.15, 0.2) is 69.9 Å². The van der Waals surface area contributed by atoms with E-state index < -0.39 is 52.7 Å². The van der Waals surface area contributed by atoms with Crippen LogP contribution in [0.3, 0.4) is 0 Å². The minimum Gasteiger partial charge on any atom is -0.496 e. The Balaban J connectivity index is 1.88. The number of ether oxygens (including phenoxy) is 1. The first-order valence-corrected chi connectivity index (χ1v) is 11.5. The Kier molecular flexibility index (Phi) is 7.40. The lowest BCUT2D eigenvalue weighted by Gasteiger charge is -2.21. The number of para-hydroxylation sites is 1. The van der Waals surface area contributed by atoms with Gasteiger partial charge in [0.1, 0.15) is 16.9 Å². The lowest BCUT2D eigenvalue weighted by atomic mass is 9.95. The van der Waals surface area contributed by atoms with Gasteiger partial charge in [-0.3, -0.25) is 4.79 Å². The van der Waals surface area contributed by atoms with Gasteiger partial charge in [0, 0.05) is 35.1 Å². The summed E-state index contributed by atoms with van der Waals surface area (Å²) in [6.45, 7) is -0.676. The first-order valence-electron chi connectivity index (χ1n) is 11.1. The summed E-state index contributed by atoms with van der Waals surface area (Å²) >= 11 is 6.17. The molecule has 0 saturated heterocycles. The fourth-order valence-electron chi connectivity index (χ4n) is 4.15. The van der Waals surface area contributed by atoms with E-state index in [9.17, 15) is 35.9 Å². The van der Waals surface area contributed by atoms with Crippen molar-refractivity contribution in [1.29, 1.82) is 0 Å². The Bertz CT molecular complexity index is 1600. The second kappa shape index (κ2) is 10.3. The Morgan fingerprint density at radius 2 is 1.56 bits per heavy atom. The fourth-order valence-corrected chi connectivity index (χ4v) is 4.32. The number of benzene rings is 3. The molecule has 39 heavy (non-hydrogen) atoms. The number of carbonyl (C=O) groups excluding carboxylic acids is 1. The Morgan fingerprint density at radius 1 is 0.949 bits per heavy atom. The Labute approximate surface area is 222 Å². The van der Waals surface area contributed by atoms with Gasteiger partial charge in [0.05, 0.1) is 18.2 Å². The van der Waals surface area contributed by atoms with E-state index in [0.29, 0.717) is 17.7 Å². The molecule has 1 amide bonds. The molecule has 0 aliphatic rings. The maximum atomic E-state index is 13.6. The minimum atomic E-state index is -5.06. The van der Waals surface area contributed by atoms with Crippen LogP contribution < -0.4 is 10.4 Å². The van der Waals surface area contributed by atoms with Crippen molar-refractivity contribution in [1.82, 2.24) is 4.90 Å². The second-order valence-electron chi connectivity index (χ2n) is 8.56. The summed E-state index contributed by atoms with van der Waals surface area (Å²) in [5.74, 6) is -0.716. The van der Waals surface area contributed by atoms with Gasteiger partial charge in [0.2, 0.25) is 0 Å². The molecule has 0 radical (unpaired) electrons. The SMILES string of the molecule is COc1ccccc1-c1c(C(=O)N(C)Cc2cc(C(F)(F)F)cc(C(F)(F)F)c2)c(=O)oc2ccc(Cl)cc12. The predicted molar refractivity (Wildman–Crippen MR) is 132 cm³/mol. The van der Waals surface area contributed by atoms with Gasteiger partial charge in [-0.1, -0.05) is 29.8 Å².